The van der Waals surface area contributed by atoms with Crippen LogP contribution in [0.4, 0.5) is 0 Å². The first-order chi connectivity index (χ1) is 8.83. The van der Waals surface area contributed by atoms with Gasteiger partial charge in [-0.15, -0.1) is 0 Å². The van der Waals surface area contributed by atoms with E-state index in [9.17, 15) is 0 Å². The number of halogens is 2. The molecule has 0 aromatic heterocycles. The van der Waals surface area contributed by atoms with Gasteiger partial charge in [0.05, 0.1) is 0 Å². The third-order valence-electron chi connectivity index (χ3n) is 2.81. The molecule has 0 unspecified atom stereocenters. The van der Waals surface area contributed by atoms with Crippen molar-refractivity contribution in [2.75, 3.05) is 0 Å². The summed E-state index contributed by atoms with van der Waals surface area (Å²) >= 11 is 0.569. The minimum absolute atomic E-state index is 0.535. The predicted octanol–water partition coefficient (Wildman–Crippen LogP) is 5.61. The molecule has 0 aliphatic rings. The van der Waals surface area contributed by atoms with Gasteiger partial charge in [0, 0.05) is 5.92 Å². The molecule has 0 atom stereocenters. The van der Waals surface area contributed by atoms with Crippen molar-refractivity contribution in [1.82, 2.24) is 0 Å². The van der Waals surface area contributed by atoms with Gasteiger partial charge in [-0.25, -0.2) is 0 Å². The topological polar surface area (TPSA) is 0 Å². The van der Waals surface area contributed by atoms with Crippen LogP contribution in [0.15, 0.2) is 60.7 Å². The van der Waals surface area contributed by atoms with Gasteiger partial charge in [0.25, 0.3) is 0 Å². The normalized spacial score (nSPS) is 10.0. The van der Waals surface area contributed by atoms with Gasteiger partial charge >= 0.3 is 33.0 Å². The van der Waals surface area contributed by atoms with E-state index in [0.29, 0.717) is 18.6 Å². The standard InChI is InChI=1S/C15H16.2ClH.Ni/c1-2-15(13-9-5-3-6-10-13)14-11-7-4-8-12-14;;;/h3-12,15H,2H2,1H3;2*1H;/q;;;+2/p-2. The average molecular weight is 326 g/mol. The molecule has 0 saturated heterocycles. The maximum absolute atomic E-state index is 4.70. The summed E-state index contributed by atoms with van der Waals surface area (Å²) in [6.45, 7) is 2.24. The van der Waals surface area contributed by atoms with Crippen LogP contribution in [0.3, 0.4) is 0 Å². The minimum atomic E-state index is 0.535. The van der Waals surface area contributed by atoms with Crippen LogP contribution in [0.1, 0.15) is 30.4 Å². The summed E-state index contributed by atoms with van der Waals surface area (Å²) in [5, 5.41) is 0. The molecule has 0 spiro atoms. The Labute approximate surface area is 124 Å². The molecule has 2 aromatic carbocycles. The van der Waals surface area contributed by atoms with Crippen LogP contribution in [0, 0.1) is 0 Å². The zero-order chi connectivity index (χ0) is 13.2. The van der Waals surface area contributed by atoms with Crippen molar-refractivity contribution in [2.45, 2.75) is 19.3 Å². The van der Waals surface area contributed by atoms with Crippen molar-refractivity contribution in [3.05, 3.63) is 71.8 Å². The molecule has 0 amide bonds. The quantitative estimate of drug-likeness (QED) is 0.644. The van der Waals surface area contributed by atoms with Gasteiger partial charge in [-0.3, -0.25) is 0 Å². The number of hydrogen-bond donors (Lipinski definition) is 0. The number of rotatable bonds is 3. The molecule has 0 radical (unpaired) electrons. The molecule has 3 heteroatoms. The van der Waals surface area contributed by atoms with E-state index in [2.05, 4.69) is 67.6 Å². The van der Waals surface area contributed by atoms with Crippen molar-refractivity contribution in [3.63, 3.8) is 0 Å². The van der Waals surface area contributed by atoms with Gasteiger partial charge in [0.1, 0.15) is 0 Å². The molecule has 2 aromatic rings. The van der Waals surface area contributed by atoms with E-state index in [1.807, 2.05) is 0 Å². The molecule has 0 aliphatic heterocycles. The van der Waals surface area contributed by atoms with E-state index >= 15 is 0 Å². The van der Waals surface area contributed by atoms with Crippen LogP contribution in [-0.4, -0.2) is 0 Å². The molecule has 18 heavy (non-hydrogen) atoms. The number of hydrogen-bond acceptors (Lipinski definition) is 0. The summed E-state index contributed by atoms with van der Waals surface area (Å²) in [5.74, 6) is 0.535. The molecule has 100 valence electrons. The molecule has 2 rings (SSSR count). The molecule has 0 bridgehead atoms. The molecule has 0 heterocycles. The second-order valence-electron chi connectivity index (χ2n) is 3.83. The van der Waals surface area contributed by atoms with E-state index < -0.39 is 0 Å². The molecule has 0 aliphatic carbocycles. The summed E-state index contributed by atoms with van der Waals surface area (Å²) < 4.78 is 0. The Balaban J connectivity index is 0.000000492. The van der Waals surface area contributed by atoms with Crippen LogP contribution in [0.5, 0.6) is 0 Å². The summed E-state index contributed by atoms with van der Waals surface area (Å²) in [4.78, 5) is 0. The number of benzene rings is 2. The van der Waals surface area contributed by atoms with Gasteiger partial charge in [-0.2, -0.15) is 0 Å². The third kappa shape index (κ3) is 5.02. The van der Waals surface area contributed by atoms with Gasteiger partial charge in [0.15, 0.2) is 0 Å². The average Bonchev–Trinajstić information content (AvgIpc) is 2.43. The summed E-state index contributed by atoms with van der Waals surface area (Å²) in [6, 6.07) is 21.4. The second-order valence-corrected chi connectivity index (χ2v) is 5.46. The maximum atomic E-state index is 4.70. The Morgan fingerprint density at radius 3 is 1.44 bits per heavy atom. The first-order valence-corrected chi connectivity index (χ1v) is 8.47. The molecular weight excluding hydrogens is 310 g/mol. The van der Waals surface area contributed by atoms with Crippen LogP contribution < -0.4 is 0 Å². The monoisotopic (exact) mass is 324 g/mol. The predicted molar refractivity (Wildman–Crippen MR) is 76.7 cm³/mol. The molecular formula is C15H16Cl2Ni. The fraction of sp³-hybridized carbons (Fsp3) is 0.200. The summed E-state index contributed by atoms with van der Waals surface area (Å²) in [6.07, 6.45) is 1.15. The van der Waals surface area contributed by atoms with E-state index in [4.69, 9.17) is 20.4 Å². The van der Waals surface area contributed by atoms with Gasteiger partial charge in [-0.1, -0.05) is 67.6 Å². The molecule has 0 nitrogen and oxygen atoms in total. The van der Waals surface area contributed by atoms with Crippen molar-refractivity contribution in [3.8, 4) is 0 Å². The van der Waals surface area contributed by atoms with Crippen LogP contribution in [0.25, 0.3) is 0 Å². The Hall–Kier alpha value is -0.486. The summed E-state index contributed by atoms with van der Waals surface area (Å²) in [5.41, 5.74) is 2.82. The van der Waals surface area contributed by atoms with E-state index in [-0.39, 0.29) is 0 Å². The van der Waals surface area contributed by atoms with E-state index in [0.717, 1.165) is 6.42 Å². The SMILES string of the molecule is CCC(c1ccccc1)c1ccccc1.[Cl][Ni][Cl]. The van der Waals surface area contributed by atoms with Crippen molar-refractivity contribution >= 4 is 20.4 Å². The summed E-state index contributed by atoms with van der Waals surface area (Å²) in [7, 11) is 9.40. The zero-order valence-electron chi connectivity index (χ0n) is 10.1. The first-order valence-electron chi connectivity index (χ1n) is 5.75. The fourth-order valence-corrected chi connectivity index (χ4v) is 2.03. The third-order valence-corrected chi connectivity index (χ3v) is 2.81. The Morgan fingerprint density at radius 1 is 0.833 bits per heavy atom. The van der Waals surface area contributed by atoms with Crippen molar-refractivity contribution in [2.24, 2.45) is 0 Å². The molecule has 0 saturated carbocycles. The van der Waals surface area contributed by atoms with Crippen molar-refractivity contribution < 1.29 is 12.7 Å². The van der Waals surface area contributed by atoms with Crippen molar-refractivity contribution in [1.29, 1.82) is 0 Å². The van der Waals surface area contributed by atoms with Crippen LogP contribution in [0.2, 0.25) is 0 Å². The van der Waals surface area contributed by atoms with E-state index in [1.54, 1.807) is 0 Å². The van der Waals surface area contributed by atoms with E-state index in [1.165, 1.54) is 11.1 Å². The first kappa shape index (κ1) is 15.6. The van der Waals surface area contributed by atoms with Gasteiger partial charge < -0.3 is 0 Å². The van der Waals surface area contributed by atoms with Crippen LogP contribution in [-0.2, 0) is 12.7 Å². The second kappa shape index (κ2) is 9.44. The Kier molecular flexibility index (Phi) is 8.17. The Bertz CT molecular complexity index is 378. The van der Waals surface area contributed by atoms with Gasteiger partial charge in [0.2, 0.25) is 0 Å². The van der Waals surface area contributed by atoms with Gasteiger partial charge in [-0.05, 0) is 17.5 Å². The molecule has 0 fully saturated rings. The Morgan fingerprint density at radius 2 is 1.17 bits per heavy atom. The molecule has 0 N–H and O–H groups in total. The van der Waals surface area contributed by atoms with Crippen LogP contribution >= 0.6 is 20.4 Å². The fourth-order valence-electron chi connectivity index (χ4n) is 2.03. The zero-order valence-corrected chi connectivity index (χ0v) is 12.6.